The summed E-state index contributed by atoms with van der Waals surface area (Å²) in [5.74, 6) is 0.0211. The molecule has 5 heteroatoms. The lowest BCUT2D eigenvalue weighted by molar-refractivity contribution is -0.122. The van der Waals surface area contributed by atoms with Crippen molar-refractivity contribution in [3.05, 3.63) is 0 Å². The zero-order chi connectivity index (χ0) is 10.6. The average Bonchev–Trinajstić information content (AvgIpc) is 2.88. The van der Waals surface area contributed by atoms with Gasteiger partial charge in [0, 0.05) is 12.6 Å². The Labute approximate surface area is 89.8 Å². The second kappa shape index (κ2) is 5.14. The molecule has 0 aromatic carbocycles. The lowest BCUT2D eigenvalue weighted by atomic mass is 10.3. The number of amides is 1. The van der Waals surface area contributed by atoms with E-state index in [1.165, 1.54) is 0 Å². The molecule has 0 aliphatic heterocycles. The van der Waals surface area contributed by atoms with E-state index in [0.717, 1.165) is 19.4 Å². The smallest absolute Gasteiger partial charge is 0.242 e. The molecule has 0 bridgehead atoms. The van der Waals surface area contributed by atoms with Crippen molar-refractivity contribution < 1.29 is 4.79 Å². The number of rotatable bonds is 4. The summed E-state index contributed by atoms with van der Waals surface area (Å²) in [4.78, 5) is 11.5. The van der Waals surface area contributed by atoms with E-state index in [1.807, 2.05) is 6.92 Å². The topological polar surface area (TPSA) is 53.2 Å². The van der Waals surface area contributed by atoms with Gasteiger partial charge >= 0.3 is 0 Å². The van der Waals surface area contributed by atoms with Gasteiger partial charge in [-0.3, -0.25) is 4.79 Å². The Hall–Kier alpha value is -0.840. The molecule has 1 amide bonds. The Morgan fingerprint density at radius 3 is 2.71 bits per heavy atom. The molecule has 3 N–H and O–H groups in total. The molecule has 0 heterocycles. The average molecular weight is 215 g/mol. The van der Waals surface area contributed by atoms with Crippen molar-refractivity contribution in [1.82, 2.24) is 16.0 Å². The third-order valence-electron chi connectivity index (χ3n) is 2.00. The van der Waals surface area contributed by atoms with Crippen molar-refractivity contribution >= 4 is 23.2 Å². The first-order chi connectivity index (χ1) is 6.63. The summed E-state index contributed by atoms with van der Waals surface area (Å²) in [5, 5.41) is 9.31. The molecule has 0 spiro atoms. The van der Waals surface area contributed by atoms with Crippen molar-refractivity contribution in [2.24, 2.45) is 0 Å². The highest BCUT2D eigenvalue weighted by atomic mass is 32.1. The molecule has 0 saturated heterocycles. The molecule has 80 valence electrons. The van der Waals surface area contributed by atoms with Gasteiger partial charge < -0.3 is 16.0 Å². The molecule has 1 aliphatic carbocycles. The van der Waals surface area contributed by atoms with E-state index in [9.17, 15) is 4.79 Å². The van der Waals surface area contributed by atoms with Crippen molar-refractivity contribution in [2.45, 2.75) is 38.8 Å². The first-order valence-corrected chi connectivity index (χ1v) is 5.39. The van der Waals surface area contributed by atoms with Gasteiger partial charge in [-0.1, -0.05) is 0 Å². The molecule has 1 unspecified atom stereocenters. The van der Waals surface area contributed by atoms with Crippen molar-refractivity contribution in [3.8, 4) is 0 Å². The van der Waals surface area contributed by atoms with Crippen LogP contribution in [-0.4, -0.2) is 29.6 Å². The van der Waals surface area contributed by atoms with Crippen LogP contribution in [0, 0.1) is 0 Å². The Bertz CT molecular complexity index is 228. The fourth-order valence-electron chi connectivity index (χ4n) is 1.03. The van der Waals surface area contributed by atoms with Crippen molar-refractivity contribution in [3.63, 3.8) is 0 Å². The Morgan fingerprint density at radius 2 is 2.21 bits per heavy atom. The van der Waals surface area contributed by atoms with Crippen LogP contribution in [0.3, 0.4) is 0 Å². The highest BCUT2D eigenvalue weighted by molar-refractivity contribution is 7.80. The van der Waals surface area contributed by atoms with Gasteiger partial charge in [0.2, 0.25) is 5.91 Å². The molecule has 0 aromatic rings. The van der Waals surface area contributed by atoms with E-state index in [4.69, 9.17) is 12.2 Å². The third kappa shape index (κ3) is 3.91. The number of carbonyl (C=O) groups excluding carboxylic acids is 1. The van der Waals surface area contributed by atoms with E-state index in [1.54, 1.807) is 6.92 Å². The number of nitrogens with one attached hydrogen (secondary N) is 3. The van der Waals surface area contributed by atoms with Crippen LogP contribution < -0.4 is 16.0 Å². The lowest BCUT2D eigenvalue weighted by Crippen LogP contribution is -2.48. The number of hydrogen-bond acceptors (Lipinski definition) is 2. The van der Waals surface area contributed by atoms with Gasteiger partial charge in [0.15, 0.2) is 5.11 Å². The Kier molecular flexibility index (Phi) is 4.13. The van der Waals surface area contributed by atoms with Gasteiger partial charge in [0.05, 0.1) is 0 Å². The summed E-state index contributed by atoms with van der Waals surface area (Å²) < 4.78 is 0. The van der Waals surface area contributed by atoms with E-state index < -0.39 is 0 Å². The molecule has 4 nitrogen and oxygen atoms in total. The molecular formula is C9H17N3OS. The van der Waals surface area contributed by atoms with Gasteiger partial charge in [0.25, 0.3) is 0 Å². The van der Waals surface area contributed by atoms with Gasteiger partial charge in [0.1, 0.15) is 6.04 Å². The van der Waals surface area contributed by atoms with Crippen LogP contribution in [0.25, 0.3) is 0 Å². The molecule has 1 fully saturated rings. The monoisotopic (exact) mass is 215 g/mol. The highest BCUT2D eigenvalue weighted by Gasteiger charge is 2.25. The van der Waals surface area contributed by atoms with Gasteiger partial charge in [-0.15, -0.1) is 0 Å². The zero-order valence-electron chi connectivity index (χ0n) is 8.59. The largest absolute Gasteiger partial charge is 0.363 e. The van der Waals surface area contributed by atoms with E-state index in [0.29, 0.717) is 11.2 Å². The lowest BCUT2D eigenvalue weighted by Gasteiger charge is -2.15. The van der Waals surface area contributed by atoms with Gasteiger partial charge in [-0.2, -0.15) is 0 Å². The standard InChI is InChI=1S/C9H17N3OS/c1-3-10-9(14)11-6(2)8(13)12-7-4-5-7/h6-7H,3-5H2,1-2H3,(H,12,13)(H2,10,11,14). The number of carbonyl (C=O) groups is 1. The number of thiocarbonyl (C=S) groups is 1. The normalized spacial score (nSPS) is 17.0. The molecule has 1 rings (SSSR count). The van der Waals surface area contributed by atoms with Crippen molar-refractivity contribution in [2.75, 3.05) is 6.54 Å². The quantitative estimate of drug-likeness (QED) is 0.584. The van der Waals surface area contributed by atoms with Crippen LogP contribution in [-0.2, 0) is 4.79 Å². The summed E-state index contributed by atoms with van der Waals surface area (Å²) >= 11 is 4.98. The fraction of sp³-hybridized carbons (Fsp3) is 0.778. The summed E-state index contributed by atoms with van der Waals surface area (Å²) in [7, 11) is 0. The predicted octanol–water partition coefficient (Wildman–Crippen LogP) is 0.138. The maximum Gasteiger partial charge on any atom is 0.242 e. The maximum atomic E-state index is 11.5. The second-order valence-electron chi connectivity index (χ2n) is 3.51. The molecule has 14 heavy (non-hydrogen) atoms. The first-order valence-electron chi connectivity index (χ1n) is 4.98. The maximum absolute atomic E-state index is 11.5. The highest BCUT2D eigenvalue weighted by Crippen LogP contribution is 2.18. The summed E-state index contributed by atoms with van der Waals surface area (Å²) in [6.07, 6.45) is 2.21. The van der Waals surface area contributed by atoms with Crippen LogP contribution in [0.5, 0.6) is 0 Å². The Morgan fingerprint density at radius 1 is 1.57 bits per heavy atom. The van der Waals surface area contributed by atoms with Gasteiger partial charge in [-0.05, 0) is 38.9 Å². The molecule has 1 aliphatic rings. The van der Waals surface area contributed by atoms with E-state index in [2.05, 4.69) is 16.0 Å². The molecule has 0 radical (unpaired) electrons. The zero-order valence-corrected chi connectivity index (χ0v) is 9.41. The molecule has 0 aromatic heterocycles. The molecule has 1 atom stereocenters. The van der Waals surface area contributed by atoms with Crippen LogP contribution in [0.15, 0.2) is 0 Å². The minimum atomic E-state index is -0.262. The summed E-state index contributed by atoms with van der Waals surface area (Å²) in [6.45, 7) is 4.53. The predicted molar refractivity (Wildman–Crippen MR) is 60.0 cm³/mol. The van der Waals surface area contributed by atoms with Crippen LogP contribution in [0.2, 0.25) is 0 Å². The minimum absolute atomic E-state index is 0.0211. The SMILES string of the molecule is CCNC(=S)NC(C)C(=O)NC1CC1. The number of hydrogen-bond donors (Lipinski definition) is 3. The second-order valence-corrected chi connectivity index (χ2v) is 3.92. The molecular weight excluding hydrogens is 198 g/mol. The minimum Gasteiger partial charge on any atom is -0.363 e. The third-order valence-corrected chi connectivity index (χ3v) is 2.26. The summed E-state index contributed by atoms with van der Waals surface area (Å²) in [6, 6.07) is 0.140. The van der Waals surface area contributed by atoms with Crippen LogP contribution in [0.1, 0.15) is 26.7 Å². The fourth-order valence-corrected chi connectivity index (χ4v) is 1.35. The first kappa shape index (κ1) is 11.2. The van der Waals surface area contributed by atoms with Crippen LogP contribution in [0.4, 0.5) is 0 Å². The van der Waals surface area contributed by atoms with Crippen LogP contribution >= 0.6 is 12.2 Å². The van der Waals surface area contributed by atoms with Crippen molar-refractivity contribution in [1.29, 1.82) is 0 Å². The molecule has 1 saturated carbocycles. The van der Waals surface area contributed by atoms with E-state index >= 15 is 0 Å². The van der Waals surface area contributed by atoms with Gasteiger partial charge in [-0.25, -0.2) is 0 Å². The summed E-state index contributed by atoms with van der Waals surface area (Å²) in [5.41, 5.74) is 0. The Balaban J connectivity index is 2.21. The van der Waals surface area contributed by atoms with E-state index in [-0.39, 0.29) is 11.9 Å².